The molecule has 10 nitrogen and oxygen atoms in total. The van der Waals surface area contributed by atoms with Crippen LogP contribution in [0, 0.1) is 40.4 Å². The van der Waals surface area contributed by atoms with Crippen molar-refractivity contribution in [2.75, 3.05) is 6.61 Å². The predicted molar refractivity (Wildman–Crippen MR) is 147 cm³/mol. The molecule has 4 aliphatic carbocycles. The first-order chi connectivity index (χ1) is 18.2. The van der Waals surface area contributed by atoms with Crippen molar-refractivity contribution in [1.29, 1.82) is 0 Å². The fraction of sp³-hybridized carbons (Fsp3) is 0.931. The van der Waals surface area contributed by atoms with E-state index in [1.165, 1.54) is 6.92 Å². The lowest BCUT2D eigenvalue weighted by atomic mass is 9.40. The van der Waals surface area contributed by atoms with E-state index in [9.17, 15) is 39.1 Å². The summed E-state index contributed by atoms with van der Waals surface area (Å²) >= 11 is 0. The standard InChI is InChI=1S/C29H50O10S/c1-6-18(27(5,33)16-39-40(36,37)38)8-7-17(2)20-13-21(31)24-25(20,3)11-10-22-26(4)12-9-19(30)14-29(26,35)23(32)15-28(22,24)34/h7-8,17-24,30-35H,6,9-16H2,1-5H3,(H,36,37,38)/b8-7+/t17-,18+,19+,20-,21+,22-,23-,24-,25-,26-,27+,28+,29+/m1/s1. The van der Waals surface area contributed by atoms with Crippen molar-refractivity contribution in [3.05, 3.63) is 12.2 Å². The zero-order valence-electron chi connectivity index (χ0n) is 24.4. The van der Waals surface area contributed by atoms with E-state index in [0.29, 0.717) is 32.1 Å². The van der Waals surface area contributed by atoms with Crippen LogP contribution in [0.15, 0.2) is 12.2 Å². The third kappa shape index (κ3) is 5.11. The highest BCUT2D eigenvalue weighted by Gasteiger charge is 2.74. The van der Waals surface area contributed by atoms with Gasteiger partial charge in [0.25, 0.3) is 0 Å². The highest BCUT2D eigenvalue weighted by Crippen LogP contribution is 2.70. The number of hydrogen-bond donors (Lipinski definition) is 7. The first kappa shape index (κ1) is 32.3. The second-order valence-corrected chi connectivity index (χ2v) is 15.3. The monoisotopic (exact) mass is 590 g/mol. The fourth-order valence-corrected chi connectivity index (χ4v) is 10.2. The molecule has 0 aromatic rings. The van der Waals surface area contributed by atoms with Crippen LogP contribution >= 0.6 is 0 Å². The summed E-state index contributed by atoms with van der Waals surface area (Å²) in [5.41, 5.74) is -5.68. The number of aliphatic hydroxyl groups excluding tert-OH is 3. The molecule has 4 fully saturated rings. The van der Waals surface area contributed by atoms with Crippen LogP contribution in [0.25, 0.3) is 0 Å². The normalized spacial score (nSPS) is 48.6. The number of allylic oxidation sites excluding steroid dienone is 1. The predicted octanol–water partition coefficient (Wildman–Crippen LogP) is 1.97. The molecule has 0 heterocycles. The SMILES string of the molecule is CC[C@@H](/C=C/[C@@H](C)[C@H]1C[C@H](O)[C@@H]2[C@]1(C)CC[C@H]1[C@@]2(O)C[C@@H](O)[C@@]2(O)C[C@@H](O)CC[C@]12C)[C@@](C)(O)COS(=O)(=O)O. The largest absolute Gasteiger partial charge is 0.397 e. The maximum Gasteiger partial charge on any atom is 0.397 e. The van der Waals surface area contributed by atoms with Crippen LogP contribution in [0.2, 0.25) is 0 Å². The Hall–Kier alpha value is -0.630. The molecule has 0 aliphatic heterocycles. The highest BCUT2D eigenvalue weighted by molar-refractivity contribution is 7.80. The average Bonchev–Trinajstić information content (AvgIpc) is 3.11. The molecule has 4 aliphatic rings. The lowest BCUT2D eigenvalue weighted by molar-refractivity contribution is -0.315. The summed E-state index contributed by atoms with van der Waals surface area (Å²) in [5.74, 6) is -1.36. The van der Waals surface area contributed by atoms with Gasteiger partial charge in [0.05, 0.1) is 41.7 Å². The molecule has 0 aromatic heterocycles. The van der Waals surface area contributed by atoms with Crippen LogP contribution in [-0.4, -0.2) is 85.3 Å². The number of hydrogen-bond acceptors (Lipinski definition) is 9. The van der Waals surface area contributed by atoms with Crippen molar-refractivity contribution < 1.29 is 47.8 Å². The summed E-state index contributed by atoms with van der Waals surface area (Å²) in [5, 5.41) is 68.0. The molecule has 0 saturated heterocycles. The van der Waals surface area contributed by atoms with E-state index in [2.05, 4.69) is 11.1 Å². The van der Waals surface area contributed by atoms with Gasteiger partial charge in [0.1, 0.15) is 0 Å². The minimum Gasteiger partial charge on any atom is -0.393 e. The number of aliphatic hydroxyl groups is 6. The molecule has 0 aromatic carbocycles. The third-order valence-corrected chi connectivity index (χ3v) is 12.4. The smallest absolute Gasteiger partial charge is 0.393 e. The van der Waals surface area contributed by atoms with Crippen molar-refractivity contribution in [3.8, 4) is 0 Å². The van der Waals surface area contributed by atoms with Crippen molar-refractivity contribution >= 4 is 10.4 Å². The second kappa shape index (κ2) is 10.5. The average molecular weight is 591 g/mol. The molecular formula is C29H50O10S. The molecule has 0 spiro atoms. The van der Waals surface area contributed by atoms with Gasteiger partial charge in [0, 0.05) is 30.1 Å². The summed E-state index contributed by atoms with van der Waals surface area (Å²) in [6.45, 7) is 8.78. The van der Waals surface area contributed by atoms with Crippen LogP contribution in [0.5, 0.6) is 0 Å². The van der Waals surface area contributed by atoms with Gasteiger partial charge in [-0.15, -0.1) is 0 Å². The van der Waals surface area contributed by atoms with Crippen LogP contribution in [0.3, 0.4) is 0 Å². The Morgan fingerprint density at radius 3 is 2.33 bits per heavy atom. The van der Waals surface area contributed by atoms with Gasteiger partial charge < -0.3 is 30.6 Å². The first-order valence-electron chi connectivity index (χ1n) is 14.8. The number of fused-ring (bicyclic) bond motifs is 5. The molecule has 40 heavy (non-hydrogen) atoms. The van der Waals surface area contributed by atoms with Crippen molar-refractivity contribution in [2.24, 2.45) is 40.4 Å². The second-order valence-electron chi connectivity index (χ2n) is 14.2. The Kier molecular flexibility index (Phi) is 8.49. The minimum atomic E-state index is -4.69. The van der Waals surface area contributed by atoms with E-state index < -0.39 is 74.8 Å². The van der Waals surface area contributed by atoms with Gasteiger partial charge in [-0.1, -0.05) is 39.8 Å². The summed E-state index contributed by atoms with van der Waals surface area (Å²) in [4.78, 5) is 0. The summed E-state index contributed by atoms with van der Waals surface area (Å²) < 4.78 is 35.4. The zero-order valence-corrected chi connectivity index (χ0v) is 25.2. The molecule has 0 radical (unpaired) electrons. The maximum absolute atomic E-state index is 12.4. The quantitative estimate of drug-likeness (QED) is 0.163. The Bertz CT molecular complexity index is 1080. The van der Waals surface area contributed by atoms with E-state index in [-0.39, 0.29) is 30.6 Å². The van der Waals surface area contributed by atoms with Crippen molar-refractivity contribution in [3.63, 3.8) is 0 Å². The topological polar surface area (TPSA) is 185 Å². The molecule has 13 atom stereocenters. The van der Waals surface area contributed by atoms with Crippen molar-refractivity contribution in [1.82, 2.24) is 0 Å². The van der Waals surface area contributed by atoms with Crippen LogP contribution in [0.1, 0.15) is 86.0 Å². The van der Waals surface area contributed by atoms with Gasteiger partial charge >= 0.3 is 10.4 Å². The van der Waals surface area contributed by atoms with E-state index in [0.717, 1.165) is 6.42 Å². The minimum absolute atomic E-state index is 0.0100. The summed E-state index contributed by atoms with van der Waals surface area (Å²) in [6.07, 6.45) is 4.37. The first-order valence-corrected chi connectivity index (χ1v) is 16.1. The lowest BCUT2D eigenvalue weighted by Crippen LogP contribution is -2.75. The van der Waals surface area contributed by atoms with Crippen LogP contribution in [-0.2, 0) is 14.6 Å². The molecule has 4 saturated carbocycles. The molecule has 7 N–H and O–H groups in total. The molecule has 0 amide bonds. The molecule has 11 heteroatoms. The molecule has 4 rings (SSSR count). The zero-order chi connectivity index (χ0) is 30.1. The number of rotatable bonds is 8. The van der Waals surface area contributed by atoms with Gasteiger partial charge in [0.2, 0.25) is 0 Å². The molecular weight excluding hydrogens is 540 g/mol. The molecule has 232 valence electrons. The Morgan fingerprint density at radius 2 is 1.73 bits per heavy atom. The van der Waals surface area contributed by atoms with E-state index in [1.807, 2.05) is 32.9 Å². The fourth-order valence-electron chi connectivity index (χ4n) is 9.83. The van der Waals surface area contributed by atoms with Gasteiger partial charge in [-0.25, -0.2) is 4.18 Å². The Labute approximate surface area is 238 Å². The maximum atomic E-state index is 12.4. The van der Waals surface area contributed by atoms with E-state index in [1.54, 1.807) is 0 Å². The third-order valence-electron chi connectivity index (χ3n) is 11.9. The van der Waals surface area contributed by atoms with Gasteiger partial charge in [0.15, 0.2) is 0 Å². The van der Waals surface area contributed by atoms with E-state index >= 15 is 0 Å². The van der Waals surface area contributed by atoms with Gasteiger partial charge in [-0.2, -0.15) is 8.42 Å². The van der Waals surface area contributed by atoms with Gasteiger partial charge in [-0.3, -0.25) is 4.55 Å². The lowest BCUT2D eigenvalue weighted by Gasteiger charge is -2.68. The highest BCUT2D eigenvalue weighted by atomic mass is 32.3. The Morgan fingerprint density at radius 1 is 1.07 bits per heavy atom. The van der Waals surface area contributed by atoms with Crippen molar-refractivity contribution in [2.45, 2.75) is 121 Å². The summed E-state index contributed by atoms with van der Waals surface area (Å²) in [6, 6.07) is 0. The van der Waals surface area contributed by atoms with Crippen LogP contribution in [0.4, 0.5) is 0 Å². The summed E-state index contributed by atoms with van der Waals surface area (Å²) in [7, 11) is -4.69. The molecule has 0 unspecified atom stereocenters. The van der Waals surface area contributed by atoms with Crippen LogP contribution < -0.4 is 0 Å². The molecule has 0 bridgehead atoms. The van der Waals surface area contributed by atoms with Gasteiger partial charge in [-0.05, 0) is 68.6 Å². The van der Waals surface area contributed by atoms with E-state index in [4.69, 9.17) is 4.55 Å². The Balaban J connectivity index is 1.58.